The number of hydrogen-bond acceptors (Lipinski definition) is 3. The molecule has 0 aliphatic rings. The maximum Gasteiger partial charge on any atom is 0.291 e. The fourth-order valence-electron chi connectivity index (χ4n) is 2.43. The number of carbonyl (C=O) groups is 1. The summed E-state index contributed by atoms with van der Waals surface area (Å²) in [6.45, 7) is 5.77. The van der Waals surface area contributed by atoms with Gasteiger partial charge >= 0.3 is 0 Å². The Morgan fingerprint density at radius 1 is 0.957 bits per heavy atom. The van der Waals surface area contributed by atoms with E-state index in [1.807, 2.05) is 45.0 Å². The maximum atomic E-state index is 12.4. The Morgan fingerprint density at radius 2 is 1.65 bits per heavy atom. The molecule has 0 saturated carbocycles. The molecule has 4 heteroatoms. The first-order valence-electron chi connectivity index (χ1n) is 7.37. The summed E-state index contributed by atoms with van der Waals surface area (Å²) in [5, 5.41) is 3.27. The zero-order chi connectivity index (χ0) is 16.6. The minimum atomic E-state index is -0.431. The molecule has 0 unspecified atom stereocenters. The standard InChI is InChI=1S/C19H17NO3/c1-11-4-6-13(3)15(8-11)20-19(22)18-10-16(21)14-7-5-12(2)9-17(14)23-18/h4-10H,1-3H3,(H,20,22). The Hall–Kier alpha value is -2.88. The van der Waals surface area contributed by atoms with Crippen LogP contribution in [0.5, 0.6) is 0 Å². The molecular formula is C19H17NO3. The van der Waals surface area contributed by atoms with E-state index >= 15 is 0 Å². The van der Waals surface area contributed by atoms with Crippen molar-refractivity contribution in [3.63, 3.8) is 0 Å². The predicted molar refractivity (Wildman–Crippen MR) is 91.1 cm³/mol. The Kier molecular flexibility index (Phi) is 3.74. The van der Waals surface area contributed by atoms with Crippen molar-refractivity contribution < 1.29 is 9.21 Å². The van der Waals surface area contributed by atoms with Gasteiger partial charge in [0.2, 0.25) is 0 Å². The average molecular weight is 307 g/mol. The normalized spacial score (nSPS) is 10.7. The molecule has 1 amide bonds. The molecule has 1 aromatic heterocycles. The molecule has 23 heavy (non-hydrogen) atoms. The molecule has 4 nitrogen and oxygen atoms in total. The number of benzene rings is 2. The fourth-order valence-corrected chi connectivity index (χ4v) is 2.43. The van der Waals surface area contributed by atoms with Crippen molar-refractivity contribution in [1.82, 2.24) is 0 Å². The summed E-state index contributed by atoms with van der Waals surface area (Å²) in [6.07, 6.45) is 0. The highest BCUT2D eigenvalue weighted by Crippen LogP contribution is 2.19. The minimum Gasteiger partial charge on any atom is -0.451 e. The largest absolute Gasteiger partial charge is 0.451 e. The van der Waals surface area contributed by atoms with Gasteiger partial charge in [0, 0.05) is 11.8 Å². The zero-order valence-corrected chi connectivity index (χ0v) is 13.3. The van der Waals surface area contributed by atoms with E-state index in [0.717, 1.165) is 16.7 Å². The van der Waals surface area contributed by atoms with Crippen molar-refractivity contribution in [2.24, 2.45) is 0 Å². The molecule has 0 radical (unpaired) electrons. The molecule has 0 aliphatic carbocycles. The molecule has 2 aromatic carbocycles. The van der Waals surface area contributed by atoms with E-state index in [-0.39, 0.29) is 11.2 Å². The molecule has 3 rings (SSSR count). The van der Waals surface area contributed by atoms with Crippen LogP contribution in [0.15, 0.2) is 51.7 Å². The third-order valence-electron chi connectivity index (χ3n) is 3.75. The van der Waals surface area contributed by atoms with Gasteiger partial charge in [0.25, 0.3) is 5.91 Å². The SMILES string of the molecule is Cc1ccc(C)c(NC(=O)c2cc(=O)c3ccc(C)cc3o2)c1. The summed E-state index contributed by atoms with van der Waals surface area (Å²) in [5.41, 5.74) is 3.86. The quantitative estimate of drug-likeness (QED) is 0.779. The second-order valence-corrected chi connectivity index (χ2v) is 5.75. The van der Waals surface area contributed by atoms with E-state index in [2.05, 4.69) is 5.32 Å². The molecule has 3 aromatic rings. The fraction of sp³-hybridized carbons (Fsp3) is 0.158. The van der Waals surface area contributed by atoms with Gasteiger partial charge in [0.15, 0.2) is 11.2 Å². The topological polar surface area (TPSA) is 59.3 Å². The third-order valence-corrected chi connectivity index (χ3v) is 3.75. The van der Waals surface area contributed by atoms with E-state index in [1.165, 1.54) is 6.07 Å². The van der Waals surface area contributed by atoms with Crippen molar-refractivity contribution in [2.75, 3.05) is 5.32 Å². The maximum absolute atomic E-state index is 12.4. The van der Waals surface area contributed by atoms with Crippen LogP contribution in [0.25, 0.3) is 11.0 Å². The summed E-state index contributed by atoms with van der Waals surface area (Å²) < 4.78 is 5.62. The lowest BCUT2D eigenvalue weighted by molar-refractivity contribution is 0.0997. The Balaban J connectivity index is 2.01. The summed E-state index contributed by atoms with van der Waals surface area (Å²) in [4.78, 5) is 24.6. The van der Waals surface area contributed by atoms with Crippen molar-refractivity contribution in [3.8, 4) is 0 Å². The molecule has 0 spiro atoms. The first-order valence-corrected chi connectivity index (χ1v) is 7.37. The van der Waals surface area contributed by atoms with Gasteiger partial charge in [-0.2, -0.15) is 0 Å². The van der Waals surface area contributed by atoms with Gasteiger partial charge in [-0.3, -0.25) is 9.59 Å². The molecule has 0 aliphatic heterocycles. The van der Waals surface area contributed by atoms with E-state index in [1.54, 1.807) is 12.1 Å². The van der Waals surface area contributed by atoms with E-state index in [4.69, 9.17) is 4.42 Å². The third kappa shape index (κ3) is 3.01. The van der Waals surface area contributed by atoms with Gasteiger partial charge in [0.05, 0.1) is 5.39 Å². The first-order chi connectivity index (χ1) is 10.9. The van der Waals surface area contributed by atoms with Gasteiger partial charge < -0.3 is 9.73 Å². The Labute approximate surface area is 133 Å². The predicted octanol–water partition coefficient (Wildman–Crippen LogP) is 3.97. The number of aryl methyl sites for hydroxylation is 3. The number of fused-ring (bicyclic) bond motifs is 1. The number of anilines is 1. The second-order valence-electron chi connectivity index (χ2n) is 5.75. The number of nitrogens with one attached hydrogen (secondary N) is 1. The molecule has 0 fully saturated rings. The highest BCUT2D eigenvalue weighted by Gasteiger charge is 2.13. The monoisotopic (exact) mass is 307 g/mol. The van der Waals surface area contributed by atoms with Gasteiger partial charge in [-0.05, 0) is 55.7 Å². The van der Waals surface area contributed by atoms with Crippen molar-refractivity contribution in [1.29, 1.82) is 0 Å². The van der Waals surface area contributed by atoms with Crippen molar-refractivity contribution >= 4 is 22.6 Å². The average Bonchev–Trinajstić information content (AvgIpc) is 2.50. The van der Waals surface area contributed by atoms with E-state index in [0.29, 0.717) is 16.7 Å². The summed E-state index contributed by atoms with van der Waals surface area (Å²) in [6, 6.07) is 12.3. The summed E-state index contributed by atoms with van der Waals surface area (Å²) in [7, 11) is 0. The first kappa shape index (κ1) is 15.0. The smallest absolute Gasteiger partial charge is 0.291 e. The van der Waals surface area contributed by atoms with Crippen LogP contribution in [0.4, 0.5) is 5.69 Å². The van der Waals surface area contributed by atoms with Gasteiger partial charge in [-0.25, -0.2) is 0 Å². The molecule has 1 heterocycles. The zero-order valence-electron chi connectivity index (χ0n) is 13.3. The van der Waals surface area contributed by atoms with Crippen LogP contribution in [-0.2, 0) is 0 Å². The van der Waals surface area contributed by atoms with Crippen LogP contribution in [-0.4, -0.2) is 5.91 Å². The number of amides is 1. The Morgan fingerprint density at radius 3 is 2.43 bits per heavy atom. The molecule has 116 valence electrons. The van der Waals surface area contributed by atoms with Crippen molar-refractivity contribution in [2.45, 2.75) is 20.8 Å². The number of rotatable bonds is 2. The van der Waals surface area contributed by atoms with E-state index < -0.39 is 5.91 Å². The minimum absolute atomic E-state index is 0.00834. The molecule has 1 N–H and O–H groups in total. The van der Waals surface area contributed by atoms with Crippen LogP contribution in [0.1, 0.15) is 27.2 Å². The highest BCUT2D eigenvalue weighted by molar-refractivity contribution is 6.03. The molecular weight excluding hydrogens is 290 g/mol. The number of carbonyl (C=O) groups excluding carboxylic acids is 1. The van der Waals surface area contributed by atoms with Gasteiger partial charge in [-0.1, -0.05) is 18.2 Å². The van der Waals surface area contributed by atoms with Crippen molar-refractivity contribution in [3.05, 3.63) is 75.1 Å². The van der Waals surface area contributed by atoms with E-state index in [9.17, 15) is 9.59 Å². The Bertz CT molecular complexity index is 970. The lowest BCUT2D eigenvalue weighted by Crippen LogP contribution is -2.15. The number of hydrogen-bond donors (Lipinski definition) is 1. The molecule has 0 atom stereocenters. The van der Waals surface area contributed by atoms with Crippen LogP contribution >= 0.6 is 0 Å². The summed E-state index contributed by atoms with van der Waals surface area (Å²) >= 11 is 0. The van der Waals surface area contributed by atoms with Crippen LogP contribution in [0.2, 0.25) is 0 Å². The van der Waals surface area contributed by atoms with Gasteiger partial charge in [-0.15, -0.1) is 0 Å². The summed E-state index contributed by atoms with van der Waals surface area (Å²) in [5.74, 6) is -0.423. The van der Waals surface area contributed by atoms with Gasteiger partial charge in [0.1, 0.15) is 5.58 Å². The molecule has 0 bridgehead atoms. The lowest BCUT2D eigenvalue weighted by atomic mass is 10.1. The highest BCUT2D eigenvalue weighted by atomic mass is 16.3. The molecule has 0 saturated heterocycles. The second kappa shape index (κ2) is 5.72. The van der Waals surface area contributed by atoms with Crippen LogP contribution < -0.4 is 10.7 Å². The lowest BCUT2D eigenvalue weighted by Gasteiger charge is -2.09. The van der Waals surface area contributed by atoms with Crippen LogP contribution in [0, 0.1) is 20.8 Å². The van der Waals surface area contributed by atoms with Crippen LogP contribution in [0.3, 0.4) is 0 Å².